The first kappa shape index (κ1) is 10.2. The summed E-state index contributed by atoms with van der Waals surface area (Å²) in [6.45, 7) is 5.25. The van der Waals surface area contributed by atoms with Crippen LogP contribution in [-0.4, -0.2) is 24.3 Å². The summed E-state index contributed by atoms with van der Waals surface area (Å²) in [7, 11) is 0. The van der Waals surface area contributed by atoms with Crippen LogP contribution in [0.4, 0.5) is 0 Å². The summed E-state index contributed by atoms with van der Waals surface area (Å²) in [6.07, 6.45) is 5.68. The van der Waals surface area contributed by atoms with Crippen molar-refractivity contribution in [3.63, 3.8) is 0 Å². The number of hydrogen-bond donors (Lipinski definition) is 0. The molecule has 0 amide bonds. The number of pyridine rings is 1. The fourth-order valence-electron chi connectivity index (χ4n) is 1.55. The van der Waals surface area contributed by atoms with Crippen LogP contribution in [0.25, 0.3) is 6.08 Å². The van der Waals surface area contributed by atoms with Gasteiger partial charge in [-0.05, 0) is 11.6 Å². The van der Waals surface area contributed by atoms with E-state index in [4.69, 9.17) is 9.47 Å². The molecule has 1 fully saturated rings. The van der Waals surface area contributed by atoms with Gasteiger partial charge in [0.15, 0.2) is 0 Å². The van der Waals surface area contributed by atoms with Crippen molar-refractivity contribution in [2.45, 2.75) is 18.9 Å². The zero-order valence-corrected chi connectivity index (χ0v) is 8.69. The molecule has 2 rings (SSSR count). The Kier molecular flexibility index (Phi) is 3.35. The monoisotopic (exact) mass is 205 g/mol. The normalized spacial score (nSPS) is 17.3. The predicted molar refractivity (Wildman–Crippen MR) is 58.8 cm³/mol. The van der Waals surface area contributed by atoms with Crippen LogP contribution in [0, 0.1) is 0 Å². The van der Waals surface area contributed by atoms with Crippen LogP contribution in [0.1, 0.15) is 18.4 Å². The molecule has 15 heavy (non-hydrogen) atoms. The summed E-state index contributed by atoms with van der Waals surface area (Å²) in [5, 5.41) is 0. The summed E-state index contributed by atoms with van der Waals surface area (Å²) < 4.78 is 11.0. The zero-order valence-electron chi connectivity index (χ0n) is 8.69. The van der Waals surface area contributed by atoms with Gasteiger partial charge in [-0.25, -0.2) is 4.98 Å². The van der Waals surface area contributed by atoms with Crippen molar-refractivity contribution in [2.75, 3.05) is 13.2 Å². The highest BCUT2D eigenvalue weighted by Gasteiger charge is 2.15. The first-order valence-electron chi connectivity index (χ1n) is 5.21. The van der Waals surface area contributed by atoms with Crippen molar-refractivity contribution in [2.24, 2.45) is 0 Å². The highest BCUT2D eigenvalue weighted by atomic mass is 16.5. The summed E-state index contributed by atoms with van der Waals surface area (Å²) in [4.78, 5) is 4.21. The molecule has 80 valence electrons. The van der Waals surface area contributed by atoms with Crippen LogP contribution in [0.3, 0.4) is 0 Å². The van der Waals surface area contributed by atoms with Gasteiger partial charge >= 0.3 is 0 Å². The standard InChI is InChI=1S/C12H15NO2/c1-2-10-3-4-12(13-9-10)15-11-5-7-14-8-6-11/h2-4,9,11H,1,5-8H2. The molecule has 0 saturated carbocycles. The van der Waals surface area contributed by atoms with E-state index in [2.05, 4.69) is 11.6 Å². The average molecular weight is 205 g/mol. The highest BCUT2D eigenvalue weighted by Crippen LogP contribution is 2.15. The van der Waals surface area contributed by atoms with Crippen molar-refractivity contribution < 1.29 is 9.47 Å². The fraction of sp³-hybridized carbons (Fsp3) is 0.417. The molecular formula is C12H15NO2. The minimum Gasteiger partial charge on any atom is -0.474 e. The minimum absolute atomic E-state index is 0.251. The molecule has 2 heterocycles. The van der Waals surface area contributed by atoms with Gasteiger partial charge in [-0.2, -0.15) is 0 Å². The third-order valence-corrected chi connectivity index (χ3v) is 2.45. The Morgan fingerprint density at radius 2 is 2.20 bits per heavy atom. The fourth-order valence-corrected chi connectivity index (χ4v) is 1.55. The number of ether oxygens (including phenoxy) is 2. The van der Waals surface area contributed by atoms with Crippen molar-refractivity contribution in [1.29, 1.82) is 0 Å². The minimum atomic E-state index is 0.251. The molecule has 1 aromatic rings. The molecule has 0 aliphatic carbocycles. The average Bonchev–Trinajstić information content (AvgIpc) is 2.31. The molecular weight excluding hydrogens is 190 g/mol. The van der Waals surface area contributed by atoms with Crippen LogP contribution in [0.15, 0.2) is 24.9 Å². The molecule has 0 atom stereocenters. The van der Waals surface area contributed by atoms with Crippen molar-refractivity contribution in [3.8, 4) is 5.88 Å². The third-order valence-electron chi connectivity index (χ3n) is 2.45. The first-order valence-corrected chi connectivity index (χ1v) is 5.21. The van der Waals surface area contributed by atoms with Gasteiger partial charge in [-0.3, -0.25) is 0 Å². The number of nitrogens with zero attached hydrogens (tertiary/aromatic N) is 1. The van der Waals surface area contributed by atoms with E-state index in [1.807, 2.05) is 12.1 Å². The second kappa shape index (κ2) is 4.94. The zero-order chi connectivity index (χ0) is 10.5. The van der Waals surface area contributed by atoms with E-state index in [1.54, 1.807) is 12.3 Å². The van der Waals surface area contributed by atoms with Crippen LogP contribution < -0.4 is 4.74 Å². The summed E-state index contributed by atoms with van der Waals surface area (Å²) >= 11 is 0. The molecule has 0 aromatic carbocycles. The Morgan fingerprint density at radius 1 is 1.40 bits per heavy atom. The highest BCUT2D eigenvalue weighted by molar-refractivity contribution is 5.45. The van der Waals surface area contributed by atoms with Gasteiger partial charge < -0.3 is 9.47 Å². The van der Waals surface area contributed by atoms with Gasteiger partial charge in [0.05, 0.1) is 13.2 Å². The number of aromatic nitrogens is 1. The van der Waals surface area contributed by atoms with Gasteiger partial charge in [0.1, 0.15) is 6.10 Å². The molecule has 1 aliphatic rings. The lowest BCUT2D eigenvalue weighted by Crippen LogP contribution is -2.26. The van der Waals surface area contributed by atoms with Crippen LogP contribution in [-0.2, 0) is 4.74 Å². The van der Waals surface area contributed by atoms with Gasteiger partial charge in [0.2, 0.25) is 5.88 Å². The van der Waals surface area contributed by atoms with Crippen LogP contribution >= 0.6 is 0 Å². The largest absolute Gasteiger partial charge is 0.474 e. The molecule has 1 saturated heterocycles. The van der Waals surface area contributed by atoms with Crippen molar-refractivity contribution >= 4 is 6.08 Å². The molecule has 3 nitrogen and oxygen atoms in total. The molecule has 0 spiro atoms. The maximum absolute atomic E-state index is 5.73. The van der Waals surface area contributed by atoms with Gasteiger partial charge in [0, 0.05) is 25.1 Å². The molecule has 3 heteroatoms. The molecule has 0 bridgehead atoms. The molecule has 0 unspecified atom stereocenters. The quantitative estimate of drug-likeness (QED) is 0.758. The number of rotatable bonds is 3. The Hall–Kier alpha value is -1.35. The second-order valence-corrected chi connectivity index (χ2v) is 3.56. The van der Waals surface area contributed by atoms with Gasteiger partial charge in [0.25, 0.3) is 0 Å². The molecule has 0 radical (unpaired) electrons. The second-order valence-electron chi connectivity index (χ2n) is 3.56. The lowest BCUT2D eigenvalue weighted by molar-refractivity contribution is 0.0237. The lowest BCUT2D eigenvalue weighted by Gasteiger charge is -2.22. The Balaban J connectivity index is 1.94. The molecule has 0 N–H and O–H groups in total. The van der Waals surface area contributed by atoms with Crippen LogP contribution in [0.5, 0.6) is 5.88 Å². The maximum Gasteiger partial charge on any atom is 0.213 e. The third kappa shape index (κ3) is 2.80. The van der Waals surface area contributed by atoms with Crippen molar-refractivity contribution in [1.82, 2.24) is 4.98 Å². The summed E-state index contributed by atoms with van der Waals surface area (Å²) in [6, 6.07) is 3.83. The van der Waals surface area contributed by atoms with E-state index in [0.29, 0.717) is 5.88 Å². The molecule has 1 aromatic heterocycles. The van der Waals surface area contributed by atoms with Gasteiger partial charge in [-0.1, -0.05) is 12.7 Å². The van der Waals surface area contributed by atoms with E-state index in [-0.39, 0.29) is 6.10 Å². The smallest absolute Gasteiger partial charge is 0.213 e. The molecule has 1 aliphatic heterocycles. The SMILES string of the molecule is C=Cc1ccc(OC2CCOCC2)nc1. The van der Waals surface area contributed by atoms with Crippen molar-refractivity contribution in [3.05, 3.63) is 30.5 Å². The van der Waals surface area contributed by atoms with E-state index >= 15 is 0 Å². The Morgan fingerprint density at radius 3 is 2.80 bits per heavy atom. The van der Waals surface area contributed by atoms with Crippen LogP contribution in [0.2, 0.25) is 0 Å². The van der Waals surface area contributed by atoms with E-state index < -0.39 is 0 Å². The topological polar surface area (TPSA) is 31.4 Å². The predicted octanol–water partition coefficient (Wildman–Crippen LogP) is 2.28. The maximum atomic E-state index is 5.73. The summed E-state index contributed by atoms with van der Waals surface area (Å²) in [5.74, 6) is 0.688. The van der Waals surface area contributed by atoms with E-state index in [9.17, 15) is 0 Å². The Labute approximate surface area is 89.7 Å². The van der Waals surface area contributed by atoms with E-state index in [0.717, 1.165) is 31.6 Å². The first-order chi connectivity index (χ1) is 7.38. The Bertz CT molecular complexity index is 315. The number of hydrogen-bond acceptors (Lipinski definition) is 3. The summed E-state index contributed by atoms with van der Waals surface area (Å²) in [5.41, 5.74) is 1.01. The van der Waals surface area contributed by atoms with Gasteiger partial charge in [-0.15, -0.1) is 0 Å². The van der Waals surface area contributed by atoms with E-state index in [1.165, 1.54) is 0 Å². The lowest BCUT2D eigenvalue weighted by atomic mass is 10.1.